The summed E-state index contributed by atoms with van der Waals surface area (Å²) in [6.45, 7) is 1.88. The van der Waals surface area contributed by atoms with Crippen LogP contribution in [-0.2, 0) is 4.84 Å². The largest absolute Gasteiger partial charge is 0.399 e. The van der Waals surface area contributed by atoms with Gasteiger partial charge in [-0.3, -0.25) is 0 Å². The van der Waals surface area contributed by atoms with Crippen LogP contribution in [0.25, 0.3) is 0 Å². The zero-order chi connectivity index (χ0) is 8.10. The van der Waals surface area contributed by atoms with Crippen molar-refractivity contribution in [3.8, 4) is 0 Å². The van der Waals surface area contributed by atoms with Crippen molar-refractivity contribution < 1.29 is 4.84 Å². The second-order valence-corrected chi connectivity index (χ2v) is 2.14. The Morgan fingerprint density at radius 1 is 1.55 bits per heavy atom. The summed E-state index contributed by atoms with van der Waals surface area (Å²) in [5.74, 6) is 0. The lowest BCUT2D eigenvalue weighted by molar-refractivity contribution is 0.213. The molecule has 0 spiro atoms. The van der Waals surface area contributed by atoms with Crippen LogP contribution >= 0.6 is 0 Å². The number of oxime groups is 1. The second kappa shape index (κ2) is 3.76. The molecule has 2 heteroatoms. The number of benzene rings is 1. The van der Waals surface area contributed by atoms with Gasteiger partial charge in [0.1, 0.15) is 7.11 Å². The summed E-state index contributed by atoms with van der Waals surface area (Å²) in [4.78, 5) is 4.63. The lowest BCUT2D eigenvalue weighted by Gasteiger charge is -1.96. The van der Waals surface area contributed by atoms with Gasteiger partial charge in [0.15, 0.2) is 0 Å². The first-order valence-electron chi connectivity index (χ1n) is 3.39. The van der Waals surface area contributed by atoms with Crippen molar-refractivity contribution in [2.75, 3.05) is 7.11 Å². The topological polar surface area (TPSA) is 21.6 Å². The number of hydrogen-bond acceptors (Lipinski definition) is 2. The maximum atomic E-state index is 4.63. The monoisotopic (exact) mass is 148 g/mol. The van der Waals surface area contributed by atoms with Crippen LogP contribution in [0.3, 0.4) is 0 Å². The van der Waals surface area contributed by atoms with Gasteiger partial charge in [-0.2, -0.15) is 0 Å². The van der Waals surface area contributed by atoms with E-state index in [1.165, 1.54) is 7.11 Å². The molecule has 0 bridgehead atoms. The van der Waals surface area contributed by atoms with Gasteiger partial charge in [-0.1, -0.05) is 29.4 Å². The summed E-state index contributed by atoms with van der Waals surface area (Å²) in [6, 6.07) is 10.7. The van der Waals surface area contributed by atoms with Crippen LogP contribution in [-0.4, -0.2) is 12.8 Å². The van der Waals surface area contributed by atoms with E-state index < -0.39 is 0 Å². The molecule has 0 atom stereocenters. The third-order valence-electron chi connectivity index (χ3n) is 1.33. The van der Waals surface area contributed by atoms with E-state index in [1.807, 2.05) is 31.2 Å². The van der Waals surface area contributed by atoms with Crippen LogP contribution in [0.1, 0.15) is 12.5 Å². The molecule has 0 saturated carbocycles. The predicted octanol–water partition coefficient (Wildman–Crippen LogP) is 1.86. The summed E-state index contributed by atoms with van der Waals surface area (Å²) in [6.07, 6.45) is 0. The molecular weight excluding hydrogens is 138 g/mol. The molecule has 0 amide bonds. The summed E-state index contributed by atoms with van der Waals surface area (Å²) in [5.41, 5.74) is 1.81. The number of hydrogen-bond donors (Lipinski definition) is 0. The first-order valence-corrected chi connectivity index (χ1v) is 3.39. The average molecular weight is 148 g/mol. The molecule has 0 N–H and O–H groups in total. The van der Waals surface area contributed by atoms with Crippen molar-refractivity contribution >= 4 is 5.71 Å². The van der Waals surface area contributed by atoms with Gasteiger partial charge in [0, 0.05) is 5.56 Å². The van der Waals surface area contributed by atoms with Crippen molar-refractivity contribution in [1.29, 1.82) is 0 Å². The van der Waals surface area contributed by atoms with Crippen molar-refractivity contribution in [3.63, 3.8) is 0 Å². The maximum Gasteiger partial charge on any atom is 0.106 e. The summed E-state index contributed by atoms with van der Waals surface area (Å²) < 4.78 is 0. The van der Waals surface area contributed by atoms with E-state index in [-0.39, 0.29) is 0 Å². The summed E-state index contributed by atoms with van der Waals surface area (Å²) >= 11 is 0. The van der Waals surface area contributed by atoms with Crippen molar-refractivity contribution in [1.82, 2.24) is 0 Å². The molecule has 0 unspecified atom stereocenters. The molecule has 1 rings (SSSR count). The highest BCUT2D eigenvalue weighted by Crippen LogP contribution is 1.99. The first kappa shape index (κ1) is 7.79. The van der Waals surface area contributed by atoms with Crippen molar-refractivity contribution in [2.24, 2.45) is 5.16 Å². The fourth-order valence-corrected chi connectivity index (χ4v) is 0.804. The lowest BCUT2D eigenvalue weighted by atomic mass is 10.1. The number of rotatable bonds is 2. The summed E-state index contributed by atoms with van der Waals surface area (Å²) in [7, 11) is 1.53. The molecule has 1 aromatic carbocycles. The molecule has 11 heavy (non-hydrogen) atoms. The Hall–Kier alpha value is -1.31. The standard InChI is InChI=1S/C9H10NO/c1-8(10-11-2)9-6-4-3-5-7-9/h3-6H,1-2H3. The molecule has 0 aromatic heterocycles. The molecule has 0 fully saturated rings. The molecular formula is C9H10NO. The maximum absolute atomic E-state index is 4.63. The van der Waals surface area contributed by atoms with E-state index in [9.17, 15) is 0 Å². The minimum atomic E-state index is 0.841. The van der Waals surface area contributed by atoms with Gasteiger partial charge < -0.3 is 4.84 Å². The Kier molecular flexibility index (Phi) is 2.66. The smallest absolute Gasteiger partial charge is 0.106 e. The van der Waals surface area contributed by atoms with Gasteiger partial charge in [0.25, 0.3) is 0 Å². The van der Waals surface area contributed by atoms with E-state index in [0.29, 0.717) is 0 Å². The van der Waals surface area contributed by atoms with Gasteiger partial charge in [-0.05, 0) is 13.0 Å². The van der Waals surface area contributed by atoms with Crippen LogP contribution in [0.5, 0.6) is 0 Å². The highest BCUT2D eigenvalue weighted by atomic mass is 16.6. The Bertz CT molecular complexity index is 241. The third kappa shape index (κ3) is 2.08. The van der Waals surface area contributed by atoms with Gasteiger partial charge >= 0.3 is 0 Å². The summed E-state index contributed by atoms with van der Waals surface area (Å²) in [5, 5.41) is 3.78. The van der Waals surface area contributed by atoms with E-state index in [2.05, 4.69) is 16.1 Å². The van der Waals surface area contributed by atoms with E-state index in [4.69, 9.17) is 0 Å². The predicted molar refractivity (Wildman–Crippen MR) is 44.5 cm³/mol. The van der Waals surface area contributed by atoms with Crippen LogP contribution in [0.2, 0.25) is 0 Å². The molecule has 1 radical (unpaired) electrons. The molecule has 0 aliphatic heterocycles. The first-order chi connectivity index (χ1) is 5.34. The van der Waals surface area contributed by atoms with Crippen LogP contribution in [0.4, 0.5) is 0 Å². The van der Waals surface area contributed by atoms with Crippen molar-refractivity contribution in [3.05, 3.63) is 35.9 Å². The number of nitrogens with zero attached hydrogens (tertiary/aromatic N) is 1. The average Bonchev–Trinajstić information content (AvgIpc) is 2.07. The van der Waals surface area contributed by atoms with E-state index in [1.54, 1.807) is 0 Å². The molecule has 2 nitrogen and oxygen atoms in total. The van der Waals surface area contributed by atoms with E-state index >= 15 is 0 Å². The quantitative estimate of drug-likeness (QED) is 0.463. The van der Waals surface area contributed by atoms with Crippen LogP contribution in [0.15, 0.2) is 29.4 Å². The SMILES string of the molecule is CON=C(C)c1[c]cccc1. The molecule has 0 heterocycles. The molecule has 0 aliphatic rings. The zero-order valence-electron chi connectivity index (χ0n) is 6.66. The normalized spacial score (nSPS) is 11.3. The second-order valence-electron chi connectivity index (χ2n) is 2.14. The minimum absolute atomic E-state index is 0.841. The van der Waals surface area contributed by atoms with Crippen LogP contribution < -0.4 is 0 Å². The molecule has 0 saturated heterocycles. The van der Waals surface area contributed by atoms with Crippen molar-refractivity contribution in [2.45, 2.75) is 6.92 Å². The molecule has 0 aliphatic carbocycles. The third-order valence-corrected chi connectivity index (χ3v) is 1.33. The Morgan fingerprint density at radius 2 is 2.36 bits per heavy atom. The Morgan fingerprint density at radius 3 is 2.91 bits per heavy atom. The fraction of sp³-hybridized carbons (Fsp3) is 0.222. The molecule has 57 valence electrons. The van der Waals surface area contributed by atoms with Gasteiger partial charge in [-0.25, -0.2) is 0 Å². The molecule has 1 aromatic rings. The highest BCUT2D eigenvalue weighted by molar-refractivity contribution is 5.97. The lowest BCUT2D eigenvalue weighted by Crippen LogP contribution is -1.94. The Labute approximate surface area is 66.5 Å². The fourth-order valence-electron chi connectivity index (χ4n) is 0.804. The van der Waals surface area contributed by atoms with Gasteiger partial charge in [0.2, 0.25) is 0 Å². The Balaban J connectivity index is 2.85. The van der Waals surface area contributed by atoms with E-state index in [0.717, 1.165) is 11.3 Å². The minimum Gasteiger partial charge on any atom is -0.399 e. The van der Waals surface area contributed by atoms with Crippen LogP contribution in [0, 0.1) is 6.07 Å². The van der Waals surface area contributed by atoms with Gasteiger partial charge in [0.05, 0.1) is 5.71 Å². The van der Waals surface area contributed by atoms with Gasteiger partial charge in [-0.15, -0.1) is 0 Å². The zero-order valence-corrected chi connectivity index (χ0v) is 6.66. The highest BCUT2D eigenvalue weighted by Gasteiger charge is 1.94.